The van der Waals surface area contributed by atoms with Gasteiger partial charge < -0.3 is 0 Å². The van der Waals surface area contributed by atoms with Crippen LogP contribution in [0.25, 0.3) is 34.4 Å². The van der Waals surface area contributed by atoms with E-state index < -0.39 is 16.5 Å². The Kier molecular flexibility index (Phi) is 8.00. The third-order valence-corrected chi connectivity index (χ3v) is 41.1. The Morgan fingerprint density at radius 3 is 1.38 bits per heavy atom. The molecule has 2 aliphatic carbocycles. The SMILES string of the molecule is CC(C)C[CH]=[Hf]([CH3])([CH3])([CH3])([CH]1C=Cc2c(-c3cccc(C(C)(C)C)c3)cccc21)[CH]1C=Cc2c(-c3cccc(C(C)(C)C)c3)cccc21. The van der Waals surface area contributed by atoms with Gasteiger partial charge in [0.1, 0.15) is 0 Å². The van der Waals surface area contributed by atoms with Crippen LogP contribution in [-0.4, -0.2) is 3.76 Å². The fourth-order valence-electron chi connectivity index (χ4n) is 8.75. The first-order valence-corrected chi connectivity index (χ1v) is 35.0. The average Bonchev–Trinajstić information content (AvgIpc) is 3.66. The molecule has 1 heteroatoms. The fourth-order valence-corrected chi connectivity index (χ4v) is 34.7. The van der Waals surface area contributed by atoms with Crippen molar-refractivity contribution in [3.8, 4) is 22.3 Å². The first-order chi connectivity index (χ1) is 21.8. The molecule has 0 heterocycles. The van der Waals surface area contributed by atoms with Crippen molar-refractivity contribution in [2.45, 2.75) is 94.0 Å². The standard InChI is InChI=1S/2C19H19.C5H10.3CH3.Hf/c2*1-19(2,3)16-10-4-9-15(13-16)18-12-6-8-14-7-5-11-17(14)18;1-4-5(2)3;;;;/h2*4-13H,1-3H3;1,5H,4H2,2-3H3;3*1H3;. The quantitative estimate of drug-likeness (QED) is 0.171. The van der Waals surface area contributed by atoms with Crippen molar-refractivity contribution in [3.05, 3.63) is 130 Å². The summed E-state index contributed by atoms with van der Waals surface area (Å²) in [5, 5.41) is 0. The second-order valence-corrected chi connectivity index (χ2v) is 58.4. The van der Waals surface area contributed by atoms with Gasteiger partial charge in [-0.05, 0) is 0 Å². The second kappa shape index (κ2) is 11.1. The molecule has 0 nitrogen and oxygen atoms in total. The van der Waals surface area contributed by atoms with E-state index >= 15 is 0 Å². The molecular formula is C46H57Hf. The molecule has 0 fully saturated rings. The zero-order valence-corrected chi connectivity index (χ0v) is 34.5. The molecule has 0 bridgehead atoms. The van der Waals surface area contributed by atoms with E-state index in [9.17, 15) is 0 Å². The molecule has 0 amide bonds. The molecule has 0 radical (unpaired) electrons. The van der Waals surface area contributed by atoms with Gasteiger partial charge >= 0.3 is 285 Å². The maximum absolute atomic E-state index is 4.59. The Hall–Kier alpha value is -2.90. The molecule has 2 unspecified atom stereocenters. The van der Waals surface area contributed by atoms with Crippen molar-refractivity contribution in [2.75, 3.05) is 0 Å². The normalized spacial score (nSPS) is 19.0. The van der Waals surface area contributed by atoms with Crippen molar-refractivity contribution in [1.82, 2.24) is 0 Å². The van der Waals surface area contributed by atoms with Gasteiger partial charge in [0.2, 0.25) is 0 Å². The maximum atomic E-state index is 2.91. The first kappa shape index (κ1) is 34.0. The van der Waals surface area contributed by atoms with Crippen LogP contribution in [0.3, 0.4) is 0 Å². The molecule has 0 aliphatic heterocycles. The van der Waals surface area contributed by atoms with Gasteiger partial charge in [-0.1, -0.05) is 0 Å². The van der Waals surface area contributed by atoms with E-state index in [2.05, 4.69) is 182 Å². The molecule has 0 saturated heterocycles. The number of fused-ring (bicyclic) bond motifs is 2. The summed E-state index contributed by atoms with van der Waals surface area (Å²) in [6, 6.07) is 32.7. The van der Waals surface area contributed by atoms with Crippen LogP contribution in [0.4, 0.5) is 0 Å². The third-order valence-electron chi connectivity index (χ3n) is 12.0. The minimum absolute atomic E-state index is 0.114. The van der Waals surface area contributed by atoms with E-state index in [1.807, 2.05) is 0 Å². The summed E-state index contributed by atoms with van der Waals surface area (Å²) in [7, 11) is 0. The molecule has 245 valence electrons. The van der Waals surface area contributed by atoms with Gasteiger partial charge in [-0.3, -0.25) is 0 Å². The Labute approximate surface area is 283 Å². The van der Waals surface area contributed by atoms with E-state index in [0.717, 1.165) is 6.42 Å². The van der Waals surface area contributed by atoms with Crippen molar-refractivity contribution in [3.63, 3.8) is 0 Å². The van der Waals surface area contributed by atoms with Gasteiger partial charge in [0, 0.05) is 0 Å². The van der Waals surface area contributed by atoms with Gasteiger partial charge in [0.25, 0.3) is 0 Å². The predicted octanol–water partition coefficient (Wildman–Crippen LogP) is 13.7. The molecule has 0 aromatic heterocycles. The van der Waals surface area contributed by atoms with E-state index in [4.69, 9.17) is 0 Å². The van der Waals surface area contributed by atoms with Crippen molar-refractivity contribution in [2.24, 2.45) is 5.92 Å². The minimum atomic E-state index is -4.59. The van der Waals surface area contributed by atoms with Crippen molar-refractivity contribution in [1.29, 1.82) is 0 Å². The van der Waals surface area contributed by atoms with Crippen LogP contribution in [0.2, 0.25) is 14.0 Å². The fraction of sp³-hybridized carbons (Fsp3) is 0.370. The molecular weight excluding hydrogens is 731 g/mol. The summed E-state index contributed by atoms with van der Waals surface area (Å²) in [4.78, 5) is 0. The second-order valence-electron chi connectivity index (χ2n) is 19.4. The monoisotopic (exact) mass is 789 g/mol. The number of hydrogen-bond donors (Lipinski definition) is 0. The van der Waals surface area contributed by atoms with Gasteiger partial charge in [-0.25, -0.2) is 0 Å². The molecule has 4 aromatic rings. The Morgan fingerprint density at radius 2 is 1.00 bits per heavy atom. The Balaban J connectivity index is 1.53. The number of rotatable bonds is 6. The molecule has 0 spiro atoms. The van der Waals surface area contributed by atoms with E-state index in [0.29, 0.717) is 13.3 Å². The summed E-state index contributed by atoms with van der Waals surface area (Å²) in [5.74, 6) is 0.618. The zero-order chi connectivity index (χ0) is 34.1. The van der Waals surface area contributed by atoms with Crippen molar-refractivity contribution >= 4 is 15.9 Å². The number of hydrogen-bond acceptors (Lipinski definition) is 0. The molecule has 47 heavy (non-hydrogen) atoms. The van der Waals surface area contributed by atoms with E-state index in [-0.39, 0.29) is 10.8 Å². The number of benzene rings is 4. The molecule has 4 aromatic carbocycles. The summed E-state index contributed by atoms with van der Waals surface area (Å²) in [6.45, 7) is 18.6. The molecule has 0 N–H and O–H groups in total. The van der Waals surface area contributed by atoms with Crippen LogP contribution in [0.1, 0.15) is 103 Å². The van der Waals surface area contributed by atoms with Crippen LogP contribution < -0.4 is 0 Å². The van der Waals surface area contributed by atoms with Crippen LogP contribution in [-0.2, 0) is 27.4 Å². The molecule has 6 rings (SSSR count). The average molecular weight is 788 g/mol. The van der Waals surface area contributed by atoms with Gasteiger partial charge in [-0.2, -0.15) is 0 Å². The van der Waals surface area contributed by atoms with Crippen LogP contribution in [0.15, 0.2) is 97.1 Å². The van der Waals surface area contributed by atoms with Gasteiger partial charge in [-0.15, -0.1) is 0 Å². The number of allylic oxidation sites excluding steroid dienone is 2. The van der Waals surface area contributed by atoms with Crippen molar-refractivity contribution < 1.29 is 16.5 Å². The molecule has 0 saturated carbocycles. The summed E-state index contributed by atoms with van der Waals surface area (Å²) >= 11 is -4.59. The van der Waals surface area contributed by atoms with E-state index in [1.54, 1.807) is 0 Å². The third kappa shape index (κ3) is 5.90. The van der Waals surface area contributed by atoms with Gasteiger partial charge in [0.05, 0.1) is 0 Å². The first-order valence-electron chi connectivity index (χ1n) is 18.0. The van der Waals surface area contributed by atoms with Crippen LogP contribution >= 0.6 is 0 Å². The van der Waals surface area contributed by atoms with Gasteiger partial charge in [0.15, 0.2) is 0 Å². The summed E-state index contributed by atoms with van der Waals surface area (Å²) < 4.78 is 12.0. The van der Waals surface area contributed by atoms with Crippen LogP contribution in [0, 0.1) is 5.92 Å². The molecule has 2 atom stereocenters. The topological polar surface area (TPSA) is 0 Å². The Morgan fingerprint density at radius 1 is 0.596 bits per heavy atom. The predicted molar refractivity (Wildman–Crippen MR) is 208 cm³/mol. The zero-order valence-electron chi connectivity index (χ0n) is 30.9. The molecule has 2 aliphatic rings. The summed E-state index contributed by atoms with van der Waals surface area (Å²) in [5.41, 5.74) is 14.3. The Bertz CT molecular complexity index is 1880. The van der Waals surface area contributed by atoms with Crippen LogP contribution in [0.5, 0.6) is 0 Å². The summed E-state index contributed by atoms with van der Waals surface area (Å²) in [6.07, 6.45) is 11.3. The van der Waals surface area contributed by atoms with E-state index in [1.165, 1.54) is 55.6 Å².